The second-order valence-electron chi connectivity index (χ2n) is 8.46. The second kappa shape index (κ2) is 9.95. The van der Waals surface area contributed by atoms with Gasteiger partial charge in [-0.05, 0) is 47.0 Å². The molecule has 0 aliphatic carbocycles. The zero-order valence-electron chi connectivity index (χ0n) is 19.9. The second-order valence-corrected chi connectivity index (χ2v) is 8.46. The van der Waals surface area contributed by atoms with Crippen LogP contribution in [0.25, 0.3) is 10.8 Å². The van der Waals surface area contributed by atoms with Crippen LogP contribution in [0.15, 0.2) is 84.2 Å². The molecule has 2 heterocycles. The van der Waals surface area contributed by atoms with Gasteiger partial charge < -0.3 is 9.47 Å². The summed E-state index contributed by atoms with van der Waals surface area (Å²) >= 11 is 0. The summed E-state index contributed by atoms with van der Waals surface area (Å²) in [7, 11) is 1.61. The number of aromatic nitrogens is 2. The average Bonchev–Trinajstić information content (AvgIpc) is 3.37. The van der Waals surface area contributed by atoms with E-state index in [1.54, 1.807) is 14.0 Å². The number of ether oxygens (including phenoxy) is 2. The van der Waals surface area contributed by atoms with E-state index in [1.165, 1.54) is 17.4 Å². The van der Waals surface area contributed by atoms with E-state index in [4.69, 9.17) is 9.47 Å². The first kappa shape index (κ1) is 23.2. The van der Waals surface area contributed by atoms with Gasteiger partial charge in [0.1, 0.15) is 5.75 Å². The molecule has 0 saturated carbocycles. The molecule has 0 saturated heterocycles. The van der Waals surface area contributed by atoms with Crippen molar-refractivity contribution in [2.45, 2.75) is 19.4 Å². The Balaban J connectivity index is 1.40. The number of hydrogen-bond acceptors (Lipinski definition) is 7. The van der Waals surface area contributed by atoms with Crippen molar-refractivity contribution in [1.29, 1.82) is 0 Å². The Morgan fingerprint density at radius 2 is 1.75 bits per heavy atom. The van der Waals surface area contributed by atoms with Crippen molar-refractivity contribution < 1.29 is 19.1 Å². The summed E-state index contributed by atoms with van der Waals surface area (Å²) in [5.41, 5.74) is 3.35. The molecule has 8 nitrogen and oxygen atoms in total. The van der Waals surface area contributed by atoms with Gasteiger partial charge >= 0.3 is 5.97 Å². The van der Waals surface area contributed by atoms with Gasteiger partial charge in [0.25, 0.3) is 5.91 Å². The van der Waals surface area contributed by atoms with Gasteiger partial charge in [-0.15, -0.1) is 0 Å². The van der Waals surface area contributed by atoms with Crippen LogP contribution in [0.3, 0.4) is 0 Å². The highest BCUT2D eigenvalue weighted by Crippen LogP contribution is 2.34. The standard InChI is InChI=1S/C28H24N4O4/c1-18-15-30-25(16-29-18)28(34)36-17-27(33)32-26(20-9-11-23(35-2)12-10-20)14-24(31-32)22-8-7-19-5-3-4-6-21(19)13-22/h3-13,15-16,26H,14,17H2,1-2H3/t26-/m1/s1. The molecule has 0 spiro atoms. The molecular weight excluding hydrogens is 456 g/mol. The number of hydrogen-bond donors (Lipinski definition) is 0. The lowest BCUT2D eigenvalue weighted by Gasteiger charge is -2.22. The molecule has 1 aliphatic heterocycles. The average molecular weight is 481 g/mol. The number of carbonyl (C=O) groups is 2. The maximum atomic E-state index is 13.2. The fraction of sp³-hybridized carbons (Fsp3) is 0.179. The SMILES string of the molecule is COc1ccc([C@H]2CC(c3ccc4ccccc4c3)=NN2C(=O)COC(=O)c2cnc(C)cn2)cc1. The maximum Gasteiger partial charge on any atom is 0.359 e. The third kappa shape index (κ3) is 4.79. The topological polar surface area (TPSA) is 94.0 Å². The van der Waals surface area contributed by atoms with Crippen LogP contribution in [0.4, 0.5) is 0 Å². The number of carbonyl (C=O) groups excluding carboxylic acids is 2. The summed E-state index contributed by atoms with van der Waals surface area (Å²) in [6, 6.07) is 21.4. The van der Waals surface area contributed by atoms with Gasteiger partial charge in [0, 0.05) is 12.6 Å². The Morgan fingerprint density at radius 3 is 2.47 bits per heavy atom. The van der Waals surface area contributed by atoms with Gasteiger partial charge in [-0.3, -0.25) is 9.78 Å². The van der Waals surface area contributed by atoms with Crippen LogP contribution in [-0.2, 0) is 9.53 Å². The predicted molar refractivity (Wildman–Crippen MR) is 135 cm³/mol. The van der Waals surface area contributed by atoms with Crippen molar-refractivity contribution in [3.8, 4) is 5.75 Å². The first-order chi connectivity index (χ1) is 17.5. The molecule has 0 N–H and O–H groups in total. The molecule has 5 rings (SSSR count). The van der Waals surface area contributed by atoms with Crippen LogP contribution in [0.1, 0.15) is 39.8 Å². The van der Waals surface area contributed by atoms with E-state index in [1.807, 2.05) is 54.6 Å². The fourth-order valence-electron chi connectivity index (χ4n) is 4.13. The van der Waals surface area contributed by atoms with Gasteiger partial charge in [0.15, 0.2) is 12.3 Å². The lowest BCUT2D eigenvalue weighted by Crippen LogP contribution is -2.31. The third-order valence-corrected chi connectivity index (χ3v) is 6.07. The molecule has 3 aromatic carbocycles. The van der Waals surface area contributed by atoms with Crippen LogP contribution < -0.4 is 4.74 Å². The summed E-state index contributed by atoms with van der Waals surface area (Å²) in [6.45, 7) is 1.30. The van der Waals surface area contributed by atoms with Gasteiger partial charge in [-0.25, -0.2) is 14.8 Å². The van der Waals surface area contributed by atoms with Crippen molar-refractivity contribution in [2.24, 2.45) is 5.10 Å². The van der Waals surface area contributed by atoms with E-state index in [2.05, 4.69) is 27.2 Å². The Bertz CT molecular complexity index is 1450. The predicted octanol–water partition coefficient (Wildman–Crippen LogP) is 4.48. The zero-order chi connectivity index (χ0) is 25.1. The molecule has 1 aromatic heterocycles. The Hall–Kier alpha value is -4.59. The highest BCUT2D eigenvalue weighted by molar-refractivity contribution is 6.05. The summed E-state index contributed by atoms with van der Waals surface area (Å²) in [6.07, 6.45) is 3.32. The van der Waals surface area contributed by atoms with Gasteiger partial charge in [-0.1, -0.05) is 48.5 Å². The van der Waals surface area contributed by atoms with E-state index in [9.17, 15) is 9.59 Å². The quantitative estimate of drug-likeness (QED) is 0.378. The molecule has 0 unspecified atom stereocenters. The molecule has 1 aliphatic rings. The van der Waals surface area contributed by atoms with Gasteiger partial charge in [0.2, 0.25) is 0 Å². The number of nitrogens with zero attached hydrogens (tertiary/aromatic N) is 4. The number of rotatable bonds is 6. The lowest BCUT2D eigenvalue weighted by molar-refractivity contribution is -0.136. The number of amides is 1. The first-order valence-corrected chi connectivity index (χ1v) is 11.5. The van der Waals surface area contributed by atoms with Crippen LogP contribution in [0.2, 0.25) is 0 Å². The van der Waals surface area contributed by atoms with E-state index < -0.39 is 18.5 Å². The maximum absolute atomic E-state index is 13.2. The van der Waals surface area contributed by atoms with Crippen LogP contribution in [0.5, 0.6) is 5.75 Å². The number of esters is 1. The summed E-state index contributed by atoms with van der Waals surface area (Å²) < 4.78 is 10.5. The molecule has 0 bridgehead atoms. The summed E-state index contributed by atoms with van der Waals surface area (Å²) in [5.74, 6) is -0.423. The Kier molecular flexibility index (Phi) is 6.40. The van der Waals surface area contributed by atoms with Crippen LogP contribution in [0, 0.1) is 6.92 Å². The van der Waals surface area contributed by atoms with Crippen LogP contribution >= 0.6 is 0 Å². The number of methoxy groups -OCH3 is 1. The summed E-state index contributed by atoms with van der Waals surface area (Å²) in [5, 5.41) is 8.31. The Morgan fingerprint density at radius 1 is 0.972 bits per heavy atom. The molecule has 1 atom stereocenters. The van der Waals surface area contributed by atoms with E-state index in [0.29, 0.717) is 12.1 Å². The molecule has 4 aromatic rings. The first-order valence-electron chi connectivity index (χ1n) is 11.5. The molecule has 0 radical (unpaired) electrons. The van der Waals surface area contributed by atoms with Gasteiger partial charge in [0.05, 0.1) is 30.8 Å². The summed E-state index contributed by atoms with van der Waals surface area (Å²) in [4.78, 5) is 33.6. The highest BCUT2D eigenvalue weighted by atomic mass is 16.5. The van der Waals surface area contributed by atoms with Crippen LogP contribution in [-0.4, -0.2) is 46.3 Å². The largest absolute Gasteiger partial charge is 0.497 e. The van der Waals surface area contributed by atoms with Crippen molar-refractivity contribution in [2.75, 3.05) is 13.7 Å². The number of aryl methyl sites for hydroxylation is 1. The fourth-order valence-corrected chi connectivity index (χ4v) is 4.13. The molecule has 180 valence electrons. The minimum atomic E-state index is -0.713. The minimum Gasteiger partial charge on any atom is -0.497 e. The van der Waals surface area contributed by atoms with E-state index in [-0.39, 0.29) is 11.7 Å². The van der Waals surface area contributed by atoms with Crippen molar-refractivity contribution in [1.82, 2.24) is 15.0 Å². The molecular formula is C28H24N4O4. The molecule has 36 heavy (non-hydrogen) atoms. The van der Waals surface area contributed by atoms with Crippen molar-refractivity contribution in [3.63, 3.8) is 0 Å². The molecule has 0 fully saturated rings. The molecule has 8 heteroatoms. The molecule has 1 amide bonds. The number of fused-ring (bicyclic) bond motifs is 1. The smallest absolute Gasteiger partial charge is 0.359 e. The zero-order valence-corrected chi connectivity index (χ0v) is 19.9. The van der Waals surface area contributed by atoms with E-state index in [0.717, 1.165) is 33.4 Å². The van der Waals surface area contributed by atoms with Crippen molar-refractivity contribution in [3.05, 3.63) is 102 Å². The normalized spacial score (nSPS) is 15.0. The minimum absolute atomic E-state index is 0.0434. The van der Waals surface area contributed by atoms with Crippen molar-refractivity contribution >= 4 is 28.4 Å². The third-order valence-electron chi connectivity index (χ3n) is 6.07. The number of hydrazone groups is 1. The number of benzene rings is 3. The van der Waals surface area contributed by atoms with E-state index >= 15 is 0 Å². The van der Waals surface area contributed by atoms with Gasteiger partial charge in [-0.2, -0.15) is 5.10 Å². The highest BCUT2D eigenvalue weighted by Gasteiger charge is 2.33. The Labute approximate surface area is 208 Å². The lowest BCUT2D eigenvalue weighted by atomic mass is 9.97. The monoisotopic (exact) mass is 480 g/mol.